The molecule has 1 aromatic heterocycles. The minimum Gasteiger partial charge on any atom is -0.389 e. The van der Waals surface area contributed by atoms with Crippen LogP contribution in [0.25, 0.3) is 0 Å². The smallest absolute Gasteiger partial charge is 0.111 e. The van der Waals surface area contributed by atoms with Crippen molar-refractivity contribution >= 4 is 0 Å². The third-order valence-electron chi connectivity index (χ3n) is 4.24. The van der Waals surface area contributed by atoms with Gasteiger partial charge in [-0.2, -0.15) is 0 Å². The number of nitrogens with zero attached hydrogens (tertiary/aromatic N) is 2. The van der Waals surface area contributed by atoms with Crippen LogP contribution in [0.5, 0.6) is 0 Å². The molecule has 0 atom stereocenters. The molecule has 1 fully saturated rings. The van der Waals surface area contributed by atoms with Crippen LogP contribution in [0.15, 0.2) is 12.4 Å². The molecule has 3 nitrogen and oxygen atoms in total. The quantitative estimate of drug-likeness (QED) is 0.873. The van der Waals surface area contributed by atoms with Crippen LogP contribution in [0, 0.1) is 5.92 Å². The zero-order valence-electron chi connectivity index (χ0n) is 11.0. The van der Waals surface area contributed by atoms with E-state index >= 15 is 0 Å². The van der Waals surface area contributed by atoms with Gasteiger partial charge in [0, 0.05) is 25.4 Å². The predicted octanol–water partition coefficient (Wildman–Crippen LogP) is 2.78. The SMILES string of the molecule is CCC1CCC(O)(Cc2nccn2CC)CC1. The summed E-state index contributed by atoms with van der Waals surface area (Å²) in [6.07, 6.45) is 9.99. The fraction of sp³-hybridized carbons (Fsp3) is 0.786. The maximum Gasteiger partial charge on any atom is 0.111 e. The molecule has 1 aromatic rings. The summed E-state index contributed by atoms with van der Waals surface area (Å²) in [6.45, 7) is 5.30. The van der Waals surface area contributed by atoms with Crippen LogP contribution < -0.4 is 0 Å². The van der Waals surface area contributed by atoms with Crippen molar-refractivity contribution in [2.75, 3.05) is 0 Å². The lowest BCUT2D eigenvalue weighted by Gasteiger charge is -2.35. The van der Waals surface area contributed by atoms with Crippen molar-refractivity contribution in [1.29, 1.82) is 0 Å². The molecule has 0 radical (unpaired) electrons. The van der Waals surface area contributed by atoms with Gasteiger partial charge in [-0.25, -0.2) is 4.98 Å². The summed E-state index contributed by atoms with van der Waals surface area (Å²) in [5, 5.41) is 10.6. The summed E-state index contributed by atoms with van der Waals surface area (Å²) in [5.74, 6) is 1.85. The maximum absolute atomic E-state index is 10.6. The molecule has 1 aliphatic rings. The molecule has 2 rings (SSSR count). The first kappa shape index (κ1) is 12.6. The van der Waals surface area contributed by atoms with Gasteiger partial charge in [0.25, 0.3) is 0 Å². The van der Waals surface area contributed by atoms with E-state index in [1.54, 1.807) is 0 Å². The first-order chi connectivity index (χ1) is 8.17. The molecule has 1 saturated carbocycles. The van der Waals surface area contributed by atoms with Crippen LogP contribution in [0.3, 0.4) is 0 Å². The van der Waals surface area contributed by atoms with Crippen LogP contribution >= 0.6 is 0 Å². The van der Waals surface area contributed by atoms with Crippen molar-refractivity contribution in [3.63, 3.8) is 0 Å². The van der Waals surface area contributed by atoms with Crippen molar-refractivity contribution in [3.8, 4) is 0 Å². The monoisotopic (exact) mass is 236 g/mol. The van der Waals surface area contributed by atoms with Crippen LogP contribution in [0.2, 0.25) is 0 Å². The van der Waals surface area contributed by atoms with Gasteiger partial charge in [0.05, 0.1) is 5.60 Å². The molecule has 0 spiro atoms. The van der Waals surface area contributed by atoms with E-state index in [0.29, 0.717) is 6.42 Å². The lowest BCUT2D eigenvalue weighted by atomic mass is 9.76. The van der Waals surface area contributed by atoms with Gasteiger partial charge in [0.2, 0.25) is 0 Å². The molecule has 0 bridgehead atoms. The fourth-order valence-electron chi connectivity index (χ4n) is 2.89. The Hall–Kier alpha value is -0.830. The lowest BCUT2D eigenvalue weighted by molar-refractivity contribution is -0.0114. The second-order valence-corrected chi connectivity index (χ2v) is 5.38. The van der Waals surface area contributed by atoms with Crippen LogP contribution in [0.4, 0.5) is 0 Å². The molecule has 1 N–H and O–H groups in total. The van der Waals surface area contributed by atoms with E-state index < -0.39 is 5.60 Å². The van der Waals surface area contributed by atoms with Crippen molar-refractivity contribution < 1.29 is 5.11 Å². The molecule has 17 heavy (non-hydrogen) atoms. The molecule has 0 aliphatic heterocycles. The van der Waals surface area contributed by atoms with Gasteiger partial charge in [-0.15, -0.1) is 0 Å². The lowest BCUT2D eigenvalue weighted by Crippen LogP contribution is -2.37. The second-order valence-electron chi connectivity index (χ2n) is 5.38. The molecule has 0 saturated heterocycles. The van der Waals surface area contributed by atoms with Gasteiger partial charge in [0.15, 0.2) is 0 Å². The molecular formula is C14H24N2O. The van der Waals surface area contributed by atoms with E-state index in [2.05, 4.69) is 23.4 Å². The van der Waals surface area contributed by atoms with Gasteiger partial charge in [-0.3, -0.25) is 0 Å². The van der Waals surface area contributed by atoms with Gasteiger partial charge < -0.3 is 9.67 Å². The predicted molar refractivity (Wildman–Crippen MR) is 68.8 cm³/mol. The molecule has 0 aromatic carbocycles. The summed E-state index contributed by atoms with van der Waals surface area (Å²) < 4.78 is 2.13. The summed E-state index contributed by atoms with van der Waals surface area (Å²) in [5.41, 5.74) is -0.510. The Bertz CT molecular complexity index is 351. The number of rotatable bonds is 4. The van der Waals surface area contributed by atoms with Gasteiger partial charge >= 0.3 is 0 Å². The van der Waals surface area contributed by atoms with Crippen molar-refractivity contribution in [2.24, 2.45) is 5.92 Å². The van der Waals surface area contributed by atoms with Crippen LogP contribution in [0.1, 0.15) is 51.8 Å². The van der Waals surface area contributed by atoms with Gasteiger partial charge in [0.1, 0.15) is 5.82 Å². The number of aryl methyl sites for hydroxylation is 1. The standard InChI is InChI=1S/C14H24N2O/c1-3-12-5-7-14(17,8-6-12)11-13-15-9-10-16(13)4-2/h9-10,12,17H,3-8,11H2,1-2H3. The Labute approximate surface area is 104 Å². The van der Waals surface area contributed by atoms with Gasteiger partial charge in [-0.05, 0) is 38.5 Å². The number of imidazole rings is 1. The molecule has 3 heteroatoms. The second kappa shape index (κ2) is 5.21. The fourth-order valence-corrected chi connectivity index (χ4v) is 2.89. The van der Waals surface area contributed by atoms with E-state index in [1.807, 2.05) is 12.4 Å². The first-order valence-electron chi connectivity index (χ1n) is 6.89. The third-order valence-corrected chi connectivity index (χ3v) is 4.24. The topological polar surface area (TPSA) is 38.1 Å². The minimum absolute atomic E-state index is 0.510. The highest BCUT2D eigenvalue weighted by Crippen LogP contribution is 2.35. The van der Waals surface area contributed by atoms with Crippen molar-refractivity contribution in [1.82, 2.24) is 9.55 Å². The highest BCUT2D eigenvalue weighted by atomic mass is 16.3. The minimum atomic E-state index is -0.510. The maximum atomic E-state index is 10.6. The molecule has 1 aliphatic carbocycles. The molecule has 96 valence electrons. The Balaban J connectivity index is 1.99. The van der Waals surface area contributed by atoms with E-state index in [-0.39, 0.29) is 0 Å². The average Bonchev–Trinajstić information content (AvgIpc) is 2.77. The van der Waals surface area contributed by atoms with E-state index in [1.165, 1.54) is 19.3 Å². The average molecular weight is 236 g/mol. The van der Waals surface area contributed by atoms with Gasteiger partial charge in [-0.1, -0.05) is 13.3 Å². The highest BCUT2D eigenvalue weighted by Gasteiger charge is 2.33. The normalized spacial score (nSPS) is 29.5. The zero-order chi connectivity index (χ0) is 12.3. The Morgan fingerprint density at radius 2 is 2.12 bits per heavy atom. The van der Waals surface area contributed by atoms with Crippen LogP contribution in [-0.4, -0.2) is 20.3 Å². The number of aromatic nitrogens is 2. The third kappa shape index (κ3) is 2.89. The zero-order valence-corrected chi connectivity index (χ0v) is 11.0. The van der Waals surface area contributed by atoms with Crippen molar-refractivity contribution in [3.05, 3.63) is 18.2 Å². The van der Waals surface area contributed by atoms with E-state index in [0.717, 1.165) is 31.1 Å². The molecule has 1 heterocycles. The number of hydrogen-bond donors (Lipinski definition) is 1. The van der Waals surface area contributed by atoms with E-state index in [9.17, 15) is 5.11 Å². The summed E-state index contributed by atoms with van der Waals surface area (Å²) in [4.78, 5) is 4.37. The highest BCUT2D eigenvalue weighted by molar-refractivity contribution is 5.00. The summed E-state index contributed by atoms with van der Waals surface area (Å²) in [7, 11) is 0. The van der Waals surface area contributed by atoms with Crippen molar-refractivity contribution in [2.45, 2.75) is 64.5 Å². The Kier molecular flexibility index (Phi) is 3.87. The number of hydrogen-bond acceptors (Lipinski definition) is 2. The largest absolute Gasteiger partial charge is 0.389 e. The summed E-state index contributed by atoms with van der Waals surface area (Å²) >= 11 is 0. The summed E-state index contributed by atoms with van der Waals surface area (Å²) in [6, 6.07) is 0. The Morgan fingerprint density at radius 3 is 2.71 bits per heavy atom. The molecular weight excluding hydrogens is 212 g/mol. The molecule has 0 unspecified atom stereocenters. The van der Waals surface area contributed by atoms with E-state index in [4.69, 9.17) is 0 Å². The number of aliphatic hydroxyl groups is 1. The van der Waals surface area contributed by atoms with Crippen LogP contribution in [-0.2, 0) is 13.0 Å². The molecule has 0 amide bonds. The first-order valence-corrected chi connectivity index (χ1v) is 6.89. The Morgan fingerprint density at radius 1 is 1.41 bits per heavy atom.